The van der Waals surface area contributed by atoms with E-state index in [9.17, 15) is 5.11 Å². The summed E-state index contributed by atoms with van der Waals surface area (Å²) in [4.78, 5) is 7.23. The fourth-order valence-corrected chi connectivity index (χ4v) is 5.43. The zero-order valence-corrected chi connectivity index (χ0v) is 19.7. The quantitative estimate of drug-likeness (QED) is 0.363. The lowest BCUT2D eigenvalue weighted by Gasteiger charge is -2.40. The average molecular weight is 503 g/mol. The van der Waals surface area contributed by atoms with Crippen molar-refractivity contribution in [2.45, 2.75) is 44.6 Å². The van der Waals surface area contributed by atoms with Gasteiger partial charge in [-0.15, -0.1) is 24.0 Å². The van der Waals surface area contributed by atoms with Crippen LogP contribution in [-0.4, -0.2) is 59.3 Å². The number of nitrogens with one attached hydrogen (secondary N) is 1. The van der Waals surface area contributed by atoms with Crippen LogP contribution in [0.4, 0.5) is 0 Å². The van der Waals surface area contributed by atoms with Gasteiger partial charge in [0.15, 0.2) is 5.96 Å². The van der Waals surface area contributed by atoms with Gasteiger partial charge in [0, 0.05) is 25.4 Å². The molecule has 2 saturated heterocycles. The summed E-state index contributed by atoms with van der Waals surface area (Å²) in [6, 6.07) is 11.0. The molecular formula is C21H34IN3OS. The maximum atomic E-state index is 10.6. The Kier molecular flexibility index (Phi) is 9.22. The van der Waals surface area contributed by atoms with Gasteiger partial charge >= 0.3 is 0 Å². The number of aliphatic imine (C=N–C) groups is 1. The molecule has 1 aromatic rings. The molecule has 0 amide bonds. The minimum Gasteiger partial charge on any atom is -0.387 e. The lowest BCUT2D eigenvalue weighted by atomic mass is 9.79. The van der Waals surface area contributed by atoms with Gasteiger partial charge < -0.3 is 15.3 Å². The van der Waals surface area contributed by atoms with Crippen LogP contribution in [0.2, 0.25) is 0 Å². The molecule has 0 radical (unpaired) electrons. The molecule has 2 fully saturated rings. The van der Waals surface area contributed by atoms with Crippen LogP contribution in [0.3, 0.4) is 0 Å². The number of guanidine groups is 1. The van der Waals surface area contributed by atoms with Crippen LogP contribution in [0.25, 0.3) is 0 Å². The van der Waals surface area contributed by atoms with Crippen LogP contribution < -0.4 is 5.32 Å². The number of hydrogen-bond acceptors (Lipinski definition) is 3. The summed E-state index contributed by atoms with van der Waals surface area (Å²) in [6.45, 7) is 7.85. The first-order chi connectivity index (χ1) is 12.6. The van der Waals surface area contributed by atoms with E-state index in [1.54, 1.807) is 0 Å². The molecule has 2 N–H and O–H groups in total. The topological polar surface area (TPSA) is 47.9 Å². The van der Waals surface area contributed by atoms with Crippen molar-refractivity contribution in [2.75, 3.05) is 37.7 Å². The number of likely N-dealkylation sites (tertiary alicyclic amines) is 1. The second-order valence-electron chi connectivity index (χ2n) is 7.62. The Labute approximate surface area is 185 Å². The Bertz CT molecular complexity index is 592. The maximum Gasteiger partial charge on any atom is 0.194 e. The molecule has 3 unspecified atom stereocenters. The van der Waals surface area contributed by atoms with Gasteiger partial charge in [0.2, 0.25) is 0 Å². The molecule has 1 aromatic carbocycles. The fraction of sp³-hybridized carbons (Fsp3) is 0.667. The van der Waals surface area contributed by atoms with E-state index < -0.39 is 5.60 Å². The van der Waals surface area contributed by atoms with E-state index in [2.05, 4.69) is 54.4 Å². The minimum atomic E-state index is -0.613. The molecule has 3 rings (SSSR count). The van der Waals surface area contributed by atoms with Crippen molar-refractivity contribution >= 4 is 41.7 Å². The average Bonchev–Trinajstić information content (AvgIpc) is 3.12. The van der Waals surface area contributed by atoms with E-state index in [-0.39, 0.29) is 24.0 Å². The first-order valence-corrected chi connectivity index (χ1v) is 11.2. The van der Waals surface area contributed by atoms with Gasteiger partial charge in [0.1, 0.15) is 0 Å². The van der Waals surface area contributed by atoms with E-state index in [0.717, 1.165) is 49.9 Å². The highest BCUT2D eigenvalue weighted by Crippen LogP contribution is 2.35. The van der Waals surface area contributed by atoms with Crippen LogP contribution in [0.1, 0.15) is 44.6 Å². The molecule has 2 aliphatic heterocycles. The second-order valence-corrected chi connectivity index (χ2v) is 8.72. The number of benzene rings is 1. The van der Waals surface area contributed by atoms with Crippen molar-refractivity contribution in [3.8, 4) is 0 Å². The predicted molar refractivity (Wildman–Crippen MR) is 127 cm³/mol. The van der Waals surface area contributed by atoms with Crippen molar-refractivity contribution in [1.29, 1.82) is 0 Å². The van der Waals surface area contributed by atoms with Gasteiger partial charge in [-0.25, -0.2) is 0 Å². The molecule has 0 spiro atoms. The standard InChI is InChI=1S/C21H33N3OS.HI/c1-3-17-14-24(12-10-19(17)18-8-6-5-7-9-18)20(22-4-2)23-15-21(25)11-13-26-16-21;/h5-9,17,19,25H,3-4,10-16H2,1-2H3,(H,22,23);1H. The largest absolute Gasteiger partial charge is 0.387 e. The van der Waals surface area contributed by atoms with Crippen molar-refractivity contribution in [2.24, 2.45) is 10.9 Å². The summed E-state index contributed by atoms with van der Waals surface area (Å²) in [6.07, 6.45) is 3.19. The fourth-order valence-electron chi connectivity index (χ4n) is 4.15. The normalized spacial score (nSPS) is 28.7. The number of piperidine rings is 1. The Morgan fingerprint density at radius 3 is 2.74 bits per heavy atom. The highest BCUT2D eigenvalue weighted by atomic mass is 127. The Morgan fingerprint density at radius 2 is 2.11 bits per heavy atom. The summed E-state index contributed by atoms with van der Waals surface area (Å²) >= 11 is 1.83. The zero-order valence-electron chi connectivity index (χ0n) is 16.6. The molecule has 0 aromatic heterocycles. The van der Waals surface area contributed by atoms with Gasteiger partial charge in [-0.2, -0.15) is 11.8 Å². The van der Waals surface area contributed by atoms with Crippen LogP contribution in [-0.2, 0) is 0 Å². The van der Waals surface area contributed by atoms with Gasteiger partial charge in [0.05, 0.1) is 12.1 Å². The molecule has 0 saturated carbocycles. The number of rotatable bonds is 5. The third-order valence-corrected chi connectivity index (χ3v) is 6.96. The van der Waals surface area contributed by atoms with Crippen LogP contribution in [0.15, 0.2) is 35.3 Å². The van der Waals surface area contributed by atoms with Crippen LogP contribution >= 0.6 is 35.7 Å². The number of hydrogen-bond donors (Lipinski definition) is 2. The summed E-state index contributed by atoms with van der Waals surface area (Å²) in [7, 11) is 0. The molecule has 0 bridgehead atoms. The smallest absolute Gasteiger partial charge is 0.194 e. The second kappa shape index (κ2) is 10.9. The Hall–Kier alpha value is -0.470. The maximum absolute atomic E-state index is 10.6. The monoisotopic (exact) mass is 503 g/mol. The van der Waals surface area contributed by atoms with E-state index in [1.807, 2.05) is 11.8 Å². The third kappa shape index (κ3) is 6.00. The van der Waals surface area contributed by atoms with Crippen molar-refractivity contribution < 1.29 is 5.11 Å². The van der Waals surface area contributed by atoms with Gasteiger partial charge in [-0.05, 0) is 42.9 Å². The van der Waals surface area contributed by atoms with E-state index in [4.69, 9.17) is 4.99 Å². The van der Waals surface area contributed by atoms with E-state index in [0.29, 0.717) is 18.4 Å². The highest BCUT2D eigenvalue weighted by molar-refractivity contribution is 14.0. The van der Waals surface area contributed by atoms with Crippen molar-refractivity contribution in [1.82, 2.24) is 10.2 Å². The van der Waals surface area contributed by atoms with Gasteiger partial charge in [0.25, 0.3) is 0 Å². The SMILES string of the molecule is CCNC(=NCC1(O)CCSC1)N1CCC(c2ccccc2)C(CC)C1.I. The molecular weight excluding hydrogens is 469 g/mol. The van der Waals surface area contributed by atoms with Gasteiger partial charge in [-0.3, -0.25) is 4.99 Å². The summed E-state index contributed by atoms with van der Waals surface area (Å²) < 4.78 is 0. The van der Waals surface area contributed by atoms with Crippen LogP contribution in [0.5, 0.6) is 0 Å². The predicted octanol–water partition coefficient (Wildman–Crippen LogP) is 3.95. The molecule has 6 heteroatoms. The minimum absolute atomic E-state index is 0. The van der Waals surface area contributed by atoms with Gasteiger partial charge in [-0.1, -0.05) is 43.7 Å². The summed E-state index contributed by atoms with van der Waals surface area (Å²) in [5.41, 5.74) is 0.857. The highest BCUT2D eigenvalue weighted by Gasteiger charge is 2.33. The third-order valence-electron chi connectivity index (χ3n) is 5.73. The lowest BCUT2D eigenvalue weighted by Crippen LogP contribution is -2.49. The molecule has 2 heterocycles. The summed E-state index contributed by atoms with van der Waals surface area (Å²) in [5, 5.41) is 14.1. The molecule has 0 aliphatic carbocycles. The van der Waals surface area contributed by atoms with Crippen molar-refractivity contribution in [3.63, 3.8) is 0 Å². The summed E-state index contributed by atoms with van der Waals surface area (Å²) in [5.74, 6) is 4.10. The molecule has 3 atom stereocenters. The molecule has 2 aliphatic rings. The molecule has 27 heavy (non-hydrogen) atoms. The molecule has 152 valence electrons. The lowest BCUT2D eigenvalue weighted by molar-refractivity contribution is 0.0773. The number of nitrogens with zero attached hydrogens (tertiary/aromatic N) is 2. The Morgan fingerprint density at radius 1 is 1.33 bits per heavy atom. The van der Waals surface area contributed by atoms with E-state index >= 15 is 0 Å². The molecule has 4 nitrogen and oxygen atoms in total. The number of thioether (sulfide) groups is 1. The Balaban J connectivity index is 0.00000261. The van der Waals surface area contributed by atoms with Crippen molar-refractivity contribution in [3.05, 3.63) is 35.9 Å². The first kappa shape index (κ1) is 22.8. The first-order valence-electron chi connectivity index (χ1n) is 10.0. The van der Waals surface area contributed by atoms with E-state index in [1.165, 1.54) is 12.0 Å². The zero-order chi connectivity index (χ0) is 18.4. The number of aliphatic hydroxyl groups is 1. The van der Waals surface area contributed by atoms with Crippen LogP contribution in [0, 0.1) is 5.92 Å². The number of halogens is 1.